The van der Waals surface area contributed by atoms with Crippen LogP contribution in [0.4, 0.5) is 15.8 Å². The molecule has 0 saturated carbocycles. The summed E-state index contributed by atoms with van der Waals surface area (Å²) in [5.74, 6) is -1.29. The summed E-state index contributed by atoms with van der Waals surface area (Å²) in [6, 6.07) is 8.94. The van der Waals surface area contributed by atoms with E-state index in [-0.39, 0.29) is 28.4 Å². The maximum Gasteiger partial charge on any atom is 0.302 e. The standard InChI is InChI=1S/C16H11FN4O5/c17-9-1-4-11(5-2-9)26-8-14(22)19-20-15-12-7-10(21(24)25)3-6-13(12)18-16(15)23/h1-7,18,23H,8H2. The number of nitro groups is 1. The molecule has 2 aromatic carbocycles. The summed E-state index contributed by atoms with van der Waals surface area (Å²) in [5, 5.41) is 28.0. The van der Waals surface area contributed by atoms with Crippen LogP contribution in [0, 0.1) is 15.9 Å². The van der Waals surface area contributed by atoms with E-state index in [1.54, 1.807) is 0 Å². The molecule has 0 aliphatic rings. The Morgan fingerprint density at radius 2 is 2.00 bits per heavy atom. The number of fused-ring (bicyclic) bond motifs is 1. The van der Waals surface area contributed by atoms with E-state index in [1.165, 1.54) is 42.5 Å². The summed E-state index contributed by atoms with van der Waals surface area (Å²) in [7, 11) is 0. The molecule has 1 aromatic heterocycles. The first-order chi connectivity index (χ1) is 12.4. The first-order valence-corrected chi connectivity index (χ1v) is 7.26. The van der Waals surface area contributed by atoms with Crippen molar-refractivity contribution in [1.82, 2.24) is 4.98 Å². The van der Waals surface area contributed by atoms with Crippen LogP contribution in [0.15, 0.2) is 52.7 Å². The van der Waals surface area contributed by atoms with Gasteiger partial charge in [0.05, 0.1) is 10.4 Å². The van der Waals surface area contributed by atoms with Crippen LogP contribution < -0.4 is 4.74 Å². The van der Waals surface area contributed by atoms with Gasteiger partial charge < -0.3 is 14.8 Å². The Balaban J connectivity index is 1.75. The van der Waals surface area contributed by atoms with Crippen molar-refractivity contribution >= 4 is 28.2 Å². The lowest BCUT2D eigenvalue weighted by molar-refractivity contribution is -0.384. The quantitative estimate of drug-likeness (QED) is 0.409. The Kier molecular flexibility index (Phi) is 4.56. The molecule has 1 heterocycles. The van der Waals surface area contributed by atoms with Crippen LogP contribution in [0.25, 0.3) is 10.9 Å². The molecule has 26 heavy (non-hydrogen) atoms. The van der Waals surface area contributed by atoms with E-state index in [0.29, 0.717) is 5.52 Å². The van der Waals surface area contributed by atoms with Crippen molar-refractivity contribution in [3.63, 3.8) is 0 Å². The van der Waals surface area contributed by atoms with Gasteiger partial charge in [0.2, 0.25) is 5.88 Å². The van der Waals surface area contributed by atoms with Crippen molar-refractivity contribution < 1.29 is 24.0 Å². The molecule has 132 valence electrons. The zero-order valence-electron chi connectivity index (χ0n) is 13.0. The van der Waals surface area contributed by atoms with Crippen molar-refractivity contribution in [3.05, 3.63) is 58.4 Å². The fourth-order valence-corrected chi connectivity index (χ4v) is 2.18. The lowest BCUT2D eigenvalue weighted by atomic mass is 10.2. The van der Waals surface area contributed by atoms with Crippen LogP contribution in [0.5, 0.6) is 11.6 Å². The zero-order chi connectivity index (χ0) is 18.7. The van der Waals surface area contributed by atoms with Gasteiger partial charge in [-0.3, -0.25) is 14.9 Å². The smallest absolute Gasteiger partial charge is 0.302 e. The third-order valence-electron chi connectivity index (χ3n) is 3.38. The fourth-order valence-electron chi connectivity index (χ4n) is 2.18. The Hall–Kier alpha value is -3.82. The normalized spacial score (nSPS) is 11.1. The van der Waals surface area contributed by atoms with E-state index in [0.717, 1.165) is 0 Å². The molecule has 0 spiro atoms. The number of azo groups is 1. The van der Waals surface area contributed by atoms with Crippen molar-refractivity contribution in [2.75, 3.05) is 6.61 Å². The van der Waals surface area contributed by atoms with Gasteiger partial charge >= 0.3 is 5.91 Å². The number of nitro benzene ring substituents is 1. The number of benzene rings is 2. The number of halogens is 1. The third-order valence-corrected chi connectivity index (χ3v) is 3.38. The average molecular weight is 358 g/mol. The number of carbonyl (C=O) groups is 1. The van der Waals surface area contributed by atoms with Gasteiger partial charge in [0.1, 0.15) is 11.6 Å². The van der Waals surface area contributed by atoms with Gasteiger partial charge in [-0.25, -0.2) is 4.39 Å². The van der Waals surface area contributed by atoms with E-state index in [9.17, 15) is 24.4 Å². The Morgan fingerprint density at radius 3 is 2.69 bits per heavy atom. The number of aromatic nitrogens is 1. The Morgan fingerprint density at radius 1 is 1.27 bits per heavy atom. The topological polar surface area (TPSA) is 130 Å². The second-order valence-corrected chi connectivity index (χ2v) is 5.15. The van der Waals surface area contributed by atoms with Crippen molar-refractivity contribution in [3.8, 4) is 11.6 Å². The van der Waals surface area contributed by atoms with E-state index in [4.69, 9.17) is 4.74 Å². The maximum atomic E-state index is 12.8. The number of nitrogens with zero attached hydrogens (tertiary/aromatic N) is 3. The number of ether oxygens (including phenoxy) is 1. The lowest BCUT2D eigenvalue weighted by Gasteiger charge is -2.02. The minimum Gasteiger partial charge on any atom is -0.493 e. The molecule has 3 aromatic rings. The highest BCUT2D eigenvalue weighted by molar-refractivity contribution is 5.95. The second kappa shape index (κ2) is 6.97. The molecule has 0 fully saturated rings. The number of hydrogen-bond donors (Lipinski definition) is 2. The van der Waals surface area contributed by atoms with Gasteiger partial charge in [-0.2, -0.15) is 0 Å². The Labute approximate surface area is 144 Å². The van der Waals surface area contributed by atoms with Crippen molar-refractivity contribution in [1.29, 1.82) is 0 Å². The zero-order valence-corrected chi connectivity index (χ0v) is 13.0. The van der Waals surface area contributed by atoms with E-state index < -0.39 is 23.3 Å². The summed E-state index contributed by atoms with van der Waals surface area (Å²) < 4.78 is 17.9. The number of H-pyrrole nitrogens is 1. The van der Waals surface area contributed by atoms with Gasteiger partial charge in [-0.1, -0.05) is 0 Å². The number of aromatic hydroxyl groups is 1. The monoisotopic (exact) mass is 358 g/mol. The number of non-ortho nitro benzene ring substituents is 1. The SMILES string of the molecule is O=C(COc1ccc(F)cc1)N=Nc1c(O)[nH]c2ccc([N+](=O)[O-])cc12. The molecule has 0 radical (unpaired) electrons. The summed E-state index contributed by atoms with van der Waals surface area (Å²) >= 11 is 0. The fraction of sp³-hybridized carbons (Fsp3) is 0.0625. The summed E-state index contributed by atoms with van der Waals surface area (Å²) in [5.41, 5.74) is 0.106. The highest BCUT2D eigenvalue weighted by Crippen LogP contribution is 2.37. The average Bonchev–Trinajstić information content (AvgIpc) is 2.93. The molecule has 0 aliphatic heterocycles. The molecular formula is C16H11FN4O5. The molecule has 0 bridgehead atoms. The highest BCUT2D eigenvalue weighted by atomic mass is 19.1. The number of nitrogens with one attached hydrogen (secondary N) is 1. The van der Waals surface area contributed by atoms with Gasteiger partial charge in [0.25, 0.3) is 5.69 Å². The van der Waals surface area contributed by atoms with E-state index >= 15 is 0 Å². The van der Waals surface area contributed by atoms with Gasteiger partial charge in [-0.05, 0) is 30.3 Å². The van der Waals surface area contributed by atoms with Crippen LogP contribution in [-0.2, 0) is 4.79 Å². The molecule has 0 saturated heterocycles. The van der Waals surface area contributed by atoms with Crippen LogP contribution >= 0.6 is 0 Å². The van der Waals surface area contributed by atoms with Gasteiger partial charge in [0, 0.05) is 17.5 Å². The van der Waals surface area contributed by atoms with Crippen LogP contribution in [0.1, 0.15) is 0 Å². The molecule has 1 amide bonds. The molecule has 2 N–H and O–H groups in total. The largest absolute Gasteiger partial charge is 0.493 e. The molecular weight excluding hydrogens is 347 g/mol. The van der Waals surface area contributed by atoms with Crippen LogP contribution in [0.2, 0.25) is 0 Å². The third kappa shape index (κ3) is 3.64. The summed E-state index contributed by atoms with van der Waals surface area (Å²) in [6.45, 7) is -0.446. The second-order valence-electron chi connectivity index (χ2n) is 5.15. The predicted octanol–water partition coefficient (Wildman–Crippen LogP) is 3.61. The minimum atomic E-state index is -0.756. The molecule has 0 atom stereocenters. The summed E-state index contributed by atoms with van der Waals surface area (Å²) in [4.78, 5) is 24.6. The minimum absolute atomic E-state index is 0.0983. The molecule has 9 nitrogen and oxygen atoms in total. The first kappa shape index (κ1) is 17.0. The van der Waals surface area contributed by atoms with E-state index in [2.05, 4.69) is 15.2 Å². The number of amides is 1. The first-order valence-electron chi connectivity index (χ1n) is 7.26. The van der Waals surface area contributed by atoms with Crippen LogP contribution in [0.3, 0.4) is 0 Å². The van der Waals surface area contributed by atoms with Gasteiger partial charge in [-0.15, -0.1) is 10.2 Å². The van der Waals surface area contributed by atoms with Crippen molar-refractivity contribution in [2.24, 2.45) is 10.2 Å². The van der Waals surface area contributed by atoms with Crippen LogP contribution in [-0.4, -0.2) is 27.5 Å². The summed E-state index contributed by atoms with van der Waals surface area (Å²) in [6.07, 6.45) is 0. The molecule has 0 unspecified atom stereocenters. The number of aromatic amines is 1. The van der Waals surface area contributed by atoms with Crippen molar-refractivity contribution in [2.45, 2.75) is 0 Å². The maximum absolute atomic E-state index is 12.8. The lowest BCUT2D eigenvalue weighted by Crippen LogP contribution is -2.07. The van der Waals surface area contributed by atoms with E-state index in [1.807, 2.05) is 0 Å². The molecule has 0 aliphatic carbocycles. The number of rotatable bonds is 5. The Bertz CT molecular complexity index is 1010. The predicted molar refractivity (Wildman–Crippen MR) is 88.0 cm³/mol. The van der Waals surface area contributed by atoms with Gasteiger partial charge in [0.15, 0.2) is 12.3 Å². The molecule has 10 heteroatoms. The number of carbonyl (C=O) groups excluding carboxylic acids is 1. The molecule has 3 rings (SSSR count). The highest BCUT2D eigenvalue weighted by Gasteiger charge is 2.15. The number of hydrogen-bond acceptors (Lipinski definition) is 6.